The van der Waals surface area contributed by atoms with Gasteiger partial charge in [-0.15, -0.1) is 0 Å². The van der Waals surface area contributed by atoms with Gasteiger partial charge in [0.2, 0.25) is 0 Å². The normalized spacial score (nSPS) is 10.2. The molecule has 0 saturated heterocycles. The summed E-state index contributed by atoms with van der Waals surface area (Å²) < 4.78 is 6.94. The maximum Gasteiger partial charge on any atom is 0.335 e. The van der Waals surface area contributed by atoms with Gasteiger partial charge in [-0.1, -0.05) is 0 Å². The smallest absolute Gasteiger partial charge is 0.335 e. The van der Waals surface area contributed by atoms with Gasteiger partial charge in [0.05, 0.1) is 19.0 Å². The summed E-state index contributed by atoms with van der Waals surface area (Å²) in [5, 5.41) is 8.98. The first-order chi connectivity index (χ1) is 8.19. The summed E-state index contributed by atoms with van der Waals surface area (Å²) in [6.45, 7) is 0.567. The van der Waals surface area contributed by atoms with E-state index in [1.165, 1.54) is 13.2 Å². The van der Waals surface area contributed by atoms with Crippen LogP contribution in [0.2, 0.25) is 0 Å². The Morgan fingerprint density at radius 3 is 2.88 bits per heavy atom. The van der Waals surface area contributed by atoms with E-state index in [2.05, 4.69) is 4.98 Å². The van der Waals surface area contributed by atoms with Crippen LogP contribution >= 0.6 is 0 Å². The molecule has 0 atom stereocenters. The first kappa shape index (κ1) is 11.2. The van der Waals surface area contributed by atoms with Crippen molar-refractivity contribution in [2.75, 3.05) is 7.11 Å². The van der Waals surface area contributed by atoms with Crippen LogP contribution in [-0.2, 0) is 6.54 Å². The molecule has 0 aliphatic rings. The number of methoxy groups -OCH3 is 1. The Kier molecular flexibility index (Phi) is 3.09. The molecule has 1 N–H and O–H groups in total. The molecule has 0 amide bonds. The second kappa shape index (κ2) is 4.69. The summed E-state index contributed by atoms with van der Waals surface area (Å²) in [6.07, 6.45) is 5.18. The lowest BCUT2D eigenvalue weighted by atomic mass is 10.1. The van der Waals surface area contributed by atoms with Crippen molar-refractivity contribution >= 4 is 5.97 Å². The molecule has 1 aromatic heterocycles. The zero-order chi connectivity index (χ0) is 12.3. The van der Waals surface area contributed by atoms with E-state index in [1.807, 2.05) is 16.8 Å². The summed E-state index contributed by atoms with van der Waals surface area (Å²) in [5.74, 6) is -0.421. The van der Waals surface area contributed by atoms with Gasteiger partial charge in [0.15, 0.2) is 0 Å². The van der Waals surface area contributed by atoms with E-state index in [1.54, 1.807) is 18.6 Å². The van der Waals surface area contributed by atoms with E-state index in [0.717, 1.165) is 5.56 Å². The monoisotopic (exact) mass is 232 g/mol. The molecule has 2 rings (SSSR count). The standard InChI is InChI=1S/C12H12N2O3/c1-17-11-5-9(4-10(6-11)12(15)16)7-14-3-2-13-8-14/h2-6,8H,7H2,1H3,(H,15,16). The number of carboxylic acid groups (broad SMARTS) is 1. The molecular formula is C12H12N2O3. The zero-order valence-corrected chi connectivity index (χ0v) is 9.33. The molecule has 5 nitrogen and oxygen atoms in total. The maximum absolute atomic E-state index is 10.9. The molecule has 0 unspecified atom stereocenters. The molecule has 1 aromatic carbocycles. The number of hydrogen-bond donors (Lipinski definition) is 1. The Hall–Kier alpha value is -2.30. The summed E-state index contributed by atoms with van der Waals surface area (Å²) >= 11 is 0. The fraction of sp³-hybridized carbons (Fsp3) is 0.167. The first-order valence-electron chi connectivity index (χ1n) is 5.06. The van der Waals surface area contributed by atoms with Gasteiger partial charge < -0.3 is 14.4 Å². The van der Waals surface area contributed by atoms with Crippen LogP contribution in [0.15, 0.2) is 36.9 Å². The van der Waals surface area contributed by atoms with Crippen molar-refractivity contribution in [3.05, 3.63) is 48.0 Å². The summed E-state index contributed by atoms with van der Waals surface area (Å²) in [6, 6.07) is 4.94. The average molecular weight is 232 g/mol. The highest BCUT2D eigenvalue weighted by molar-refractivity contribution is 5.88. The number of ether oxygens (including phenoxy) is 1. The van der Waals surface area contributed by atoms with Gasteiger partial charge >= 0.3 is 5.97 Å². The fourth-order valence-electron chi connectivity index (χ4n) is 1.58. The van der Waals surface area contributed by atoms with Crippen LogP contribution in [0.1, 0.15) is 15.9 Å². The average Bonchev–Trinajstić information content (AvgIpc) is 2.81. The van der Waals surface area contributed by atoms with Gasteiger partial charge in [-0.05, 0) is 23.8 Å². The van der Waals surface area contributed by atoms with E-state index in [-0.39, 0.29) is 5.56 Å². The number of aromatic nitrogens is 2. The minimum absolute atomic E-state index is 0.222. The van der Waals surface area contributed by atoms with Crippen molar-refractivity contribution in [2.24, 2.45) is 0 Å². The van der Waals surface area contributed by atoms with Crippen molar-refractivity contribution < 1.29 is 14.6 Å². The number of aromatic carboxylic acids is 1. The van der Waals surface area contributed by atoms with Crippen molar-refractivity contribution in [3.8, 4) is 5.75 Å². The molecule has 0 radical (unpaired) electrons. The summed E-state index contributed by atoms with van der Waals surface area (Å²) in [7, 11) is 1.52. The maximum atomic E-state index is 10.9. The molecule has 88 valence electrons. The van der Waals surface area contributed by atoms with Crippen LogP contribution in [0.4, 0.5) is 0 Å². The highest BCUT2D eigenvalue weighted by atomic mass is 16.5. The van der Waals surface area contributed by atoms with E-state index < -0.39 is 5.97 Å². The molecule has 5 heteroatoms. The Bertz CT molecular complexity index is 521. The third-order valence-electron chi connectivity index (χ3n) is 2.37. The Morgan fingerprint density at radius 1 is 1.47 bits per heavy atom. The predicted octanol–water partition coefficient (Wildman–Crippen LogP) is 1.64. The number of carbonyl (C=O) groups is 1. The molecule has 0 saturated carbocycles. The number of rotatable bonds is 4. The molecule has 0 aliphatic heterocycles. The van der Waals surface area contributed by atoms with E-state index in [0.29, 0.717) is 12.3 Å². The molecule has 0 spiro atoms. The van der Waals surface area contributed by atoms with Crippen LogP contribution in [0, 0.1) is 0 Å². The Labute approximate surface area is 98.3 Å². The molecule has 0 aliphatic carbocycles. The number of nitrogens with zero attached hydrogens (tertiary/aromatic N) is 2. The topological polar surface area (TPSA) is 64.4 Å². The molecule has 1 heterocycles. The molecular weight excluding hydrogens is 220 g/mol. The van der Waals surface area contributed by atoms with Gasteiger partial charge in [0.25, 0.3) is 0 Å². The van der Waals surface area contributed by atoms with Crippen molar-refractivity contribution in [1.82, 2.24) is 9.55 Å². The van der Waals surface area contributed by atoms with Crippen LogP contribution in [0.5, 0.6) is 5.75 Å². The van der Waals surface area contributed by atoms with Crippen LogP contribution in [-0.4, -0.2) is 27.7 Å². The van der Waals surface area contributed by atoms with E-state index in [4.69, 9.17) is 9.84 Å². The molecule has 0 bridgehead atoms. The minimum atomic E-state index is -0.962. The predicted molar refractivity (Wildman–Crippen MR) is 61.3 cm³/mol. The lowest BCUT2D eigenvalue weighted by Crippen LogP contribution is -2.02. The van der Waals surface area contributed by atoms with E-state index >= 15 is 0 Å². The van der Waals surface area contributed by atoms with Crippen LogP contribution in [0.3, 0.4) is 0 Å². The van der Waals surface area contributed by atoms with Crippen molar-refractivity contribution in [2.45, 2.75) is 6.54 Å². The van der Waals surface area contributed by atoms with Gasteiger partial charge in [0.1, 0.15) is 5.75 Å². The minimum Gasteiger partial charge on any atom is -0.497 e. The number of benzene rings is 1. The first-order valence-corrected chi connectivity index (χ1v) is 5.06. The van der Waals surface area contributed by atoms with E-state index in [9.17, 15) is 4.79 Å². The zero-order valence-electron chi connectivity index (χ0n) is 9.33. The van der Waals surface area contributed by atoms with Gasteiger partial charge in [-0.3, -0.25) is 0 Å². The number of imidazole rings is 1. The van der Waals surface area contributed by atoms with Gasteiger partial charge in [0, 0.05) is 18.9 Å². The van der Waals surface area contributed by atoms with Crippen molar-refractivity contribution in [3.63, 3.8) is 0 Å². The molecule has 0 fully saturated rings. The Morgan fingerprint density at radius 2 is 2.29 bits per heavy atom. The highest BCUT2D eigenvalue weighted by Gasteiger charge is 2.07. The second-order valence-corrected chi connectivity index (χ2v) is 3.61. The largest absolute Gasteiger partial charge is 0.497 e. The third kappa shape index (κ3) is 2.63. The highest BCUT2D eigenvalue weighted by Crippen LogP contribution is 2.18. The van der Waals surface area contributed by atoms with Crippen LogP contribution in [0.25, 0.3) is 0 Å². The SMILES string of the molecule is COc1cc(Cn2ccnc2)cc(C(=O)O)c1. The van der Waals surface area contributed by atoms with Gasteiger partial charge in [-0.25, -0.2) is 9.78 Å². The van der Waals surface area contributed by atoms with Crippen molar-refractivity contribution in [1.29, 1.82) is 0 Å². The van der Waals surface area contributed by atoms with Crippen LogP contribution < -0.4 is 4.74 Å². The quantitative estimate of drug-likeness (QED) is 0.870. The second-order valence-electron chi connectivity index (χ2n) is 3.61. The van der Waals surface area contributed by atoms with Gasteiger partial charge in [-0.2, -0.15) is 0 Å². The summed E-state index contributed by atoms with van der Waals surface area (Å²) in [4.78, 5) is 14.9. The Balaban J connectivity index is 2.33. The third-order valence-corrected chi connectivity index (χ3v) is 2.37. The lowest BCUT2D eigenvalue weighted by Gasteiger charge is -2.07. The number of carboxylic acids is 1. The summed E-state index contributed by atoms with van der Waals surface area (Å²) in [5.41, 5.74) is 1.08. The number of hydrogen-bond acceptors (Lipinski definition) is 3. The molecule has 2 aromatic rings. The fourth-order valence-corrected chi connectivity index (χ4v) is 1.58. The molecule has 17 heavy (non-hydrogen) atoms. The lowest BCUT2D eigenvalue weighted by molar-refractivity contribution is 0.0696.